The molecule has 33 heavy (non-hydrogen) atoms. The number of likely N-dealkylation sites (tertiary alicyclic amines) is 1. The molecule has 0 radical (unpaired) electrons. The highest BCUT2D eigenvalue weighted by Crippen LogP contribution is 2.34. The zero-order chi connectivity index (χ0) is 23.5. The van der Waals surface area contributed by atoms with Crippen molar-refractivity contribution < 1.29 is 27.4 Å². The zero-order valence-corrected chi connectivity index (χ0v) is 17.9. The van der Waals surface area contributed by atoms with Gasteiger partial charge in [-0.1, -0.05) is 36.4 Å². The largest absolute Gasteiger partial charge is 0.573 e. The van der Waals surface area contributed by atoms with Crippen LogP contribution in [0.15, 0.2) is 78.9 Å². The summed E-state index contributed by atoms with van der Waals surface area (Å²) in [5.41, 5.74) is 0.689. The zero-order valence-electron chi connectivity index (χ0n) is 17.9. The molecule has 172 valence electrons. The summed E-state index contributed by atoms with van der Waals surface area (Å²) in [6, 6.07) is 22.2. The number of nitrogens with zero attached hydrogens (tertiary/aromatic N) is 1. The molecular weight excluding hydrogens is 433 g/mol. The van der Waals surface area contributed by atoms with Crippen molar-refractivity contribution in [2.75, 3.05) is 11.9 Å². The molecule has 0 spiro atoms. The fourth-order valence-corrected chi connectivity index (χ4v) is 3.66. The van der Waals surface area contributed by atoms with Crippen LogP contribution in [0, 0.1) is 0 Å². The van der Waals surface area contributed by atoms with Gasteiger partial charge in [0.05, 0.1) is 5.54 Å². The average molecular weight is 456 g/mol. The second kappa shape index (κ2) is 9.15. The number of carbonyl (C=O) groups is 1. The Labute approximate surface area is 189 Å². The van der Waals surface area contributed by atoms with E-state index < -0.39 is 11.9 Å². The lowest BCUT2D eigenvalue weighted by molar-refractivity contribution is -0.274. The first-order chi connectivity index (χ1) is 15.7. The van der Waals surface area contributed by atoms with Gasteiger partial charge in [-0.15, -0.1) is 13.2 Å². The maximum Gasteiger partial charge on any atom is 0.573 e. The number of hydrogen-bond donors (Lipinski definition) is 1. The van der Waals surface area contributed by atoms with E-state index in [1.165, 1.54) is 12.1 Å². The first-order valence-corrected chi connectivity index (χ1v) is 10.5. The molecule has 1 aliphatic heterocycles. The molecule has 8 heteroatoms. The maximum atomic E-state index is 13.1. The molecule has 3 aromatic rings. The summed E-state index contributed by atoms with van der Waals surface area (Å²) >= 11 is 0. The molecule has 0 bridgehead atoms. The highest BCUT2D eigenvalue weighted by molar-refractivity contribution is 5.98. The summed E-state index contributed by atoms with van der Waals surface area (Å²) in [6.07, 6.45) is -4.05. The van der Waals surface area contributed by atoms with Crippen molar-refractivity contribution in [1.29, 1.82) is 0 Å². The maximum absolute atomic E-state index is 13.1. The van der Waals surface area contributed by atoms with Gasteiger partial charge >= 0.3 is 6.36 Å². The predicted octanol–water partition coefficient (Wildman–Crippen LogP) is 5.98. The summed E-state index contributed by atoms with van der Waals surface area (Å²) in [5.74, 6) is 0.885. The van der Waals surface area contributed by atoms with E-state index in [0.717, 1.165) is 5.56 Å². The van der Waals surface area contributed by atoms with E-state index in [4.69, 9.17) is 4.74 Å². The quantitative estimate of drug-likeness (QED) is 0.475. The van der Waals surface area contributed by atoms with E-state index in [0.29, 0.717) is 36.7 Å². The highest BCUT2D eigenvalue weighted by Gasteiger charge is 2.46. The van der Waals surface area contributed by atoms with Crippen molar-refractivity contribution in [1.82, 2.24) is 4.90 Å². The summed E-state index contributed by atoms with van der Waals surface area (Å²) in [6.45, 7) is 3.01. The van der Waals surface area contributed by atoms with E-state index in [-0.39, 0.29) is 11.7 Å². The number of carbonyl (C=O) groups excluding carboxylic acids is 1. The second-order valence-electron chi connectivity index (χ2n) is 8.03. The van der Waals surface area contributed by atoms with Gasteiger partial charge in [-0.3, -0.25) is 9.69 Å². The summed E-state index contributed by atoms with van der Waals surface area (Å²) in [4.78, 5) is 15.1. The van der Waals surface area contributed by atoms with Crippen molar-refractivity contribution in [3.8, 4) is 17.2 Å². The van der Waals surface area contributed by atoms with Gasteiger partial charge in [0, 0.05) is 24.8 Å². The number of ether oxygens (including phenoxy) is 2. The summed E-state index contributed by atoms with van der Waals surface area (Å²) in [7, 11) is 0. The molecule has 0 saturated carbocycles. The Morgan fingerprint density at radius 1 is 0.970 bits per heavy atom. The standard InChI is InChI=1S/C25H23F3N2O3/c1-24(14-15-30(24)17-18-10-12-21(13-11-18)33-25(26,27)28)23(31)29-19-6-5-9-22(16-19)32-20-7-3-2-4-8-20/h2-13,16H,14-15,17H2,1H3,(H,29,31). The van der Waals surface area contributed by atoms with E-state index in [1.54, 1.807) is 30.3 Å². The van der Waals surface area contributed by atoms with Crippen LogP contribution in [0.5, 0.6) is 17.2 Å². The van der Waals surface area contributed by atoms with Crippen LogP contribution in [0.1, 0.15) is 18.9 Å². The Kier molecular flexibility index (Phi) is 6.29. The number of para-hydroxylation sites is 1. The molecule has 1 atom stereocenters. The van der Waals surface area contributed by atoms with Crippen LogP contribution in [0.3, 0.4) is 0 Å². The molecule has 0 aliphatic carbocycles. The van der Waals surface area contributed by atoms with Crippen molar-refractivity contribution in [2.45, 2.75) is 31.8 Å². The Bertz CT molecular complexity index is 1100. The van der Waals surface area contributed by atoms with Gasteiger partial charge in [0.2, 0.25) is 5.91 Å². The molecule has 1 N–H and O–H groups in total. The van der Waals surface area contributed by atoms with Gasteiger partial charge in [-0.05, 0) is 55.3 Å². The molecule has 1 aliphatic rings. The van der Waals surface area contributed by atoms with E-state index in [2.05, 4.69) is 10.1 Å². The van der Waals surface area contributed by atoms with Gasteiger partial charge < -0.3 is 14.8 Å². The van der Waals surface area contributed by atoms with Crippen molar-refractivity contribution in [3.63, 3.8) is 0 Å². The SMILES string of the molecule is CC1(C(=O)Nc2cccc(Oc3ccccc3)c2)CCN1Cc1ccc(OC(F)(F)F)cc1. The van der Waals surface area contributed by atoms with Gasteiger partial charge in [-0.25, -0.2) is 0 Å². The number of amides is 1. The van der Waals surface area contributed by atoms with Crippen LogP contribution < -0.4 is 14.8 Å². The first-order valence-electron chi connectivity index (χ1n) is 10.5. The third-order valence-electron chi connectivity index (χ3n) is 5.66. The molecule has 1 fully saturated rings. The minimum Gasteiger partial charge on any atom is -0.457 e. The third-order valence-corrected chi connectivity index (χ3v) is 5.66. The molecule has 1 heterocycles. The number of hydrogen-bond acceptors (Lipinski definition) is 4. The fourth-order valence-electron chi connectivity index (χ4n) is 3.66. The topological polar surface area (TPSA) is 50.8 Å². The molecule has 1 unspecified atom stereocenters. The van der Waals surface area contributed by atoms with Gasteiger partial charge in [0.25, 0.3) is 0 Å². The Hall–Kier alpha value is -3.52. The minimum atomic E-state index is -4.72. The van der Waals surface area contributed by atoms with Crippen molar-refractivity contribution in [3.05, 3.63) is 84.4 Å². The molecular formula is C25H23F3N2O3. The van der Waals surface area contributed by atoms with Crippen LogP contribution in [0.2, 0.25) is 0 Å². The number of benzene rings is 3. The van der Waals surface area contributed by atoms with Crippen LogP contribution in [0.25, 0.3) is 0 Å². The van der Waals surface area contributed by atoms with Crippen LogP contribution >= 0.6 is 0 Å². The fraction of sp³-hybridized carbons (Fsp3) is 0.240. The monoisotopic (exact) mass is 456 g/mol. The number of nitrogens with one attached hydrogen (secondary N) is 1. The summed E-state index contributed by atoms with van der Waals surface area (Å²) < 4.78 is 46.7. The number of halogens is 3. The van der Waals surface area contributed by atoms with E-state index in [1.807, 2.05) is 48.2 Å². The predicted molar refractivity (Wildman–Crippen MR) is 118 cm³/mol. The van der Waals surface area contributed by atoms with E-state index >= 15 is 0 Å². The number of rotatable bonds is 7. The Morgan fingerprint density at radius 3 is 2.30 bits per heavy atom. The van der Waals surface area contributed by atoms with Crippen LogP contribution in [-0.2, 0) is 11.3 Å². The Morgan fingerprint density at radius 2 is 1.67 bits per heavy atom. The molecule has 4 rings (SSSR count). The minimum absolute atomic E-state index is 0.150. The van der Waals surface area contributed by atoms with Gasteiger partial charge in [0.1, 0.15) is 17.2 Å². The molecule has 1 saturated heterocycles. The average Bonchev–Trinajstić information content (AvgIpc) is 2.77. The van der Waals surface area contributed by atoms with Crippen LogP contribution in [-0.4, -0.2) is 29.3 Å². The molecule has 0 aromatic heterocycles. The highest BCUT2D eigenvalue weighted by atomic mass is 19.4. The van der Waals surface area contributed by atoms with Crippen molar-refractivity contribution in [2.24, 2.45) is 0 Å². The lowest BCUT2D eigenvalue weighted by Crippen LogP contribution is -2.63. The Balaban J connectivity index is 1.38. The number of anilines is 1. The summed E-state index contributed by atoms with van der Waals surface area (Å²) in [5, 5.41) is 2.96. The lowest BCUT2D eigenvalue weighted by Gasteiger charge is -2.49. The third kappa shape index (κ3) is 5.64. The lowest BCUT2D eigenvalue weighted by atomic mass is 9.85. The second-order valence-corrected chi connectivity index (χ2v) is 8.03. The van der Waals surface area contributed by atoms with Gasteiger partial charge in [0.15, 0.2) is 0 Å². The molecule has 3 aromatic carbocycles. The van der Waals surface area contributed by atoms with E-state index in [9.17, 15) is 18.0 Å². The molecule has 1 amide bonds. The normalized spacial score (nSPS) is 18.3. The number of alkyl halides is 3. The molecule has 5 nitrogen and oxygen atoms in total. The first kappa shape index (κ1) is 22.7. The van der Waals surface area contributed by atoms with Gasteiger partial charge in [-0.2, -0.15) is 0 Å². The van der Waals surface area contributed by atoms with Crippen LogP contribution in [0.4, 0.5) is 18.9 Å². The smallest absolute Gasteiger partial charge is 0.457 e. The van der Waals surface area contributed by atoms with Crippen molar-refractivity contribution >= 4 is 11.6 Å².